The summed E-state index contributed by atoms with van der Waals surface area (Å²) in [4.78, 5) is 41.9. The third kappa shape index (κ3) is 4.55. The first-order chi connectivity index (χ1) is 16.5. The number of hydrogen-bond acceptors (Lipinski definition) is 5. The van der Waals surface area contributed by atoms with Gasteiger partial charge in [-0.15, -0.1) is 0 Å². The van der Waals surface area contributed by atoms with Crippen LogP contribution in [0.4, 0.5) is 16.2 Å². The molecule has 0 radical (unpaired) electrons. The van der Waals surface area contributed by atoms with Crippen molar-refractivity contribution in [2.45, 2.75) is 65.5 Å². The molecule has 2 aliphatic heterocycles. The van der Waals surface area contributed by atoms with E-state index in [1.165, 1.54) is 11.3 Å². The number of carbonyl (C=O) groups is 3. The zero-order valence-electron chi connectivity index (χ0n) is 21.2. The molecule has 7 heteroatoms. The fourth-order valence-electron chi connectivity index (χ4n) is 5.45. The van der Waals surface area contributed by atoms with Gasteiger partial charge in [0.05, 0.1) is 12.3 Å². The summed E-state index contributed by atoms with van der Waals surface area (Å²) in [5.41, 5.74) is 3.43. The molecule has 2 aromatic carbocycles. The summed E-state index contributed by atoms with van der Waals surface area (Å²) in [6, 6.07) is 12.2. The number of barbiturate groups is 1. The van der Waals surface area contributed by atoms with Gasteiger partial charge < -0.3 is 9.64 Å². The molecule has 0 saturated carbocycles. The molecule has 35 heavy (non-hydrogen) atoms. The van der Waals surface area contributed by atoms with E-state index in [1.54, 1.807) is 30.3 Å². The lowest BCUT2D eigenvalue weighted by atomic mass is 9.78. The summed E-state index contributed by atoms with van der Waals surface area (Å²) in [5, 5.41) is 2.29. The highest BCUT2D eigenvalue weighted by Crippen LogP contribution is 2.44. The average Bonchev–Trinajstić information content (AvgIpc) is 2.77. The molecule has 1 atom stereocenters. The van der Waals surface area contributed by atoms with Crippen LogP contribution in [-0.4, -0.2) is 36.0 Å². The Morgan fingerprint density at radius 3 is 2.43 bits per heavy atom. The first kappa shape index (κ1) is 24.5. The second kappa shape index (κ2) is 9.21. The highest BCUT2D eigenvalue weighted by molar-refractivity contribution is 6.39. The van der Waals surface area contributed by atoms with E-state index in [0.29, 0.717) is 30.0 Å². The van der Waals surface area contributed by atoms with Crippen LogP contribution in [0.5, 0.6) is 5.75 Å². The van der Waals surface area contributed by atoms with E-state index in [1.807, 2.05) is 13.0 Å². The van der Waals surface area contributed by atoms with Gasteiger partial charge in [0.25, 0.3) is 11.8 Å². The molecule has 2 heterocycles. The molecule has 0 spiro atoms. The molecule has 1 saturated heterocycles. The van der Waals surface area contributed by atoms with Crippen molar-refractivity contribution in [1.82, 2.24) is 5.32 Å². The number of nitrogens with one attached hydrogen (secondary N) is 1. The molecule has 2 aromatic rings. The summed E-state index contributed by atoms with van der Waals surface area (Å²) in [5.74, 6) is -0.391. The minimum absolute atomic E-state index is 0.0262. The molecule has 0 unspecified atom stereocenters. The van der Waals surface area contributed by atoms with Crippen LogP contribution in [0.1, 0.15) is 65.0 Å². The number of rotatable bonds is 5. The number of urea groups is 1. The van der Waals surface area contributed by atoms with Crippen LogP contribution in [0.25, 0.3) is 6.08 Å². The Labute approximate surface area is 206 Å². The average molecular weight is 476 g/mol. The fraction of sp³-hybridized carbons (Fsp3) is 0.393. The maximum Gasteiger partial charge on any atom is 0.335 e. The van der Waals surface area contributed by atoms with Crippen LogP contribution in [0.15, 0.2) is 48.0 Å². The third-order valence-electron chi connectivity index (χ3n) is 6.63. The van der Waals surface area contributed by atoms with Crippen molar-refractivity contribution in [3.05, 3.63) is 59.2 Å². The van der Waals surface area contributed by atoms with Gasteiger partial charge in [-0.25, -0.2) is 9.69 Å². The standard InChI is InChI=1S/C28H33N3O4/c1-7-35-21-11-9-20(10-12-21)30-26(33)23(25(32)29-27(30)34)15-19-8-13-24-22(14-19)18(4)16-28(5,6)31(24)17(2)3/h8-15,17-18H,7,16H2,1-6H3,(H,29,32,34)/b23-15+/t18-/m0/s1. The van der Waals surface area contributed by atoms with E-state index in [0.717, 1.165) is 16.9 Å². The van der Waals surface area contributed by atoms with E-state index in [-0.39, 0.29) is 11.1 Å². The lowest BCUT2D eigenvalue weighted by molar-refractivity contribution is -0.122. The number of nitrogens with zero attached hydrogens (tertiary/aromatic N) is 2. The van der Waals surface area contributed by atoms with Crippen LogP contribution in [0, 0.1) is 0 Å². The number of imide groups is 2. The molecular weight excluding hydrogens is 442 g/mol. The molecule has 0 bridgehead atoms. The second-order valence-corrected chi connectivity index (χ2v) is 10.1. The molecule has 0 aliphatic carbocycles. The molecule has 1 fully saturated rings. The number of anilines is 2. The van der Waals surface area contributed by atoms with Crippen LogP contribution in [0.3, 0.4) is 0 Å². The molecule has 4 amide bonds. The largest absolute Gasteiger partial charge is 0.494 e. The van der Waals surface area contributed by atoms with Crippen molar-refractivity contribution >= 4 is 35.3 Å². The number of ether oxygens (including phenoxy) is 1. The van der Waals surface area contributed by atoms with Gasteiger partial charge in [0, 0.05) is 17.3 Å². The molecule has 2 aliphatic rings. The number of hydrogen-bond donors (Lipinski definition) is 1. The Morgan fingerprint density at radius 2 is 1.80 bits per heavy atom. The zero-order valence-corrected chi connectivity index (χ0v) is 21.2. The first-order valence-electron chi connectivity index (χ1n) is 12.1. The Hall–Kier alpha value is -3.61. The van der Waals surface area contributed by atoms with Crippen molar-refractivity contribution in [2.24, 2.45) is 0 Å². The van der Waals surface area contributed by atoms with Crippen molar-refractivity contribution in [3.8, 4) is 5.75 Å². The number of amides is 4. The molecule has 1 N–H and O–H groups in total. The maximum absolute atomic E-state index is 13.3. The second-order valence-electron chi connectivity index (χ2n) is 10.1. The highest BCUT2D eigenvalue weighted by Gasteiger charge is 2.39. The Bertz CT molecular complexity index is 1200. The van der Waals surface area contributed by atoms with Gasteiger partial charge >= 0.3 is 6.03 Å². The molecule has 4 rings (SSSR count). The smallest absolute Gasteiger partial charge is 0.335 e. The summed E-state index contributed by atoms with van der Waals surface area (Å²) in [6.07, 6.45) is 2.57. The summed E-state index contributed by atoms with van der Waals surface area (Å²) in [7, 11) is 0. The maximum atomic E-state index is 13.3. The topological polar surface area (TPSA) is 79.0 Å². The van der Waals surface area contributed by atoms with Crippen molar-refractivity contribution in [1.29, 1.82) is 0 Å². The van der Waals surface area contributed by atoms with Gasteiger partial charge in [-0.3, -0.25) is 14.9 Å². The number of benzene rings is 2. The molecule has 7 nitrogen and oxygen atoms in total. The van der Waals surface area contributed by atoms with Gasteiger partial charge in [-0.1, -0.05) is 13.0 Å². The van der Waals surface area contributed by atoms with Gasteiger partial charge in [-0.05, 0) is 101 Å². The minimum atomic E-state index is -0.768. The quantitative estimate of drug-likeness (QED) is 0.472. The van der Waals surface area contributed by atoms with Crippen LogP contribution >= 0.6 is 0 Å². The van der Waals surface area contributed by atoms with E-state index in [9.17, 15) is 14.4 Å². The van der Waals surface area contributed by atoms with Gasteiger partial charge in [0.2, 0.25) is 0 Å². The van der Waals surface area contributed by atoms with Gasteiger partial charge in [-0.2, -0.15) is 0 Å². The monoisotopic (exact) mass is 475 g/mol. The van der Waals surface area contributed by atoms with Gasteiger partial charge in [0.1, 0.15) is 11.3 Å². The lowest BCUT2D eigenvalue weighted by Gasteiger charge is -2.50. The first-order valence-corrected chi connectivity index (χ1v) is 12.1. The van der Waals surface area contributed by atoms with Crippen molar-refractivity contribution in [3.63, 3.8) is 0 Å². The number of fused-ring (bicyclic) bond motifs is 1. The van der Waals surface area contributed by atoms with E-state index in [4.69, 9.17) is 4.74 Å². The summed E-state index contributed by atoms with van der Waals surface area (Å²) >= 11 is 0. The Balaban J connectivity index is 1.69. The van der Waals surface area contributed by atoms with Crippen LogP contribution < -0.4 is 19.9 Å². The third-order valence-corrected chi connectivity index (χ3v) is 6.63. The number of carbonyl (C=O) groups excluding carboxylic acids is 3. The Morgan fingerprint density at radius 1 is 1.11 bits per heavy atom. The van der Waals surface area contributed by atoms with E-state index in [2.05, 4.69) is 57.0 Å². The lowest BCUT2D eigenvalue weighted by Crippen LogP contribution is -2.54. The predicted molar refractivity (Wildman–Crippen MR) is 138 cm³/mol. The normalized spacial score (nSPS) is 20.8. The van der Waals surface area contributed by atoms with Crippen LogP contribution in [-0.2, 0) is 9.59 Å². The zero-order chi connectivity index (χ0) is 25.5. The minimum Gasteiger partial charge on any atom is -0.494 e. The SMILES string of the molecule is CCOc1ccc(N2C(=O)NC(=O)/C(=C\c3ccc4c(c3)[C@@H](C)CC(C)(C)N4C(C)C)C2=O)cc1. The van der Waals surface area contributed by atoms with E-state index >= 15 is 0 Å². The van der Waals surface area contributed by atoms with Gasteiger partial charge in [0.15, 0.2) is 0 Å². The van der Waals surface area contributed by atoms with E-state index < -0.39 is 17.8 Å². The molecule has 0 aromatic heterocycles. The fourth-order valence-corrected chi connectivity index (χ4v) is 5.45. The highest BCUT2D eigenvalue weighted by atomic mass is 16.5. The van der Waals surface area contributed by atoms with Crippen molar-refractivity contribution in [2.75, 3.05) is 16.4 Å². The Kier molecular flexibility index (Phi) is 6.45. The molecular formula is C28H33N3O4. The predicted octanol–water partition coefficient (Wildman–Crippen LogP) is 5.25. The summed E-state index contributed by atoms with van der Waals surface area (Å²) < 4.78 is 5.44. The molecule has 184 valence electrons. The van der Waals surface area contributed by atoms with Crippen molar-refractivity contribution < 1.29 is 19.1 Å². The van der Waals surface area contributed by atoms with Crippen LogP contribution in [0.2, 0.25) is 0 Å². The summed E-state index contributed by atoms with van der Waals surface area (Å²) in [6.45, 7) is 13.5.